The van der Waals surface area contributed by atoms with E-state index in [2.05, 4.69) is 5.32 Å². The second-order valence-electron chi connectivity index (χ2n) is 5.75. The molecule has 5 nitrogen and oxygen atoms in total. The highest BCUT2D eigenvalue weighted by atomic mass is 16.4. The molecule has 0 aliphatic heterocycles. The number of nitrogens with one attached hydrogen (secondary N) is 1. The molecule has 0 aliphatic carbocycles. The zero-order valence-electron chi connectivity index (χ0n) is 13.8. The van der Waals surface area contributed by atoms with Gasteiger partial charge in [0, 0.05) is 0 Å². The maximum absolute atomic E-state index is 12.6. The third-order valence-corrected chi connectivity index (χ3v) is 3.98. The Kier molecular flexibility index (Phi) is 6.09. The third kappa shape index (κ3) is 4.67. The Hall–Kier alpha value is -2.66. The second kappa shape index (κ2) is 8.26. The zero-order valence-corrected chi connectivity index (χ0v) is 13.8. The lowest BCUT2D eigenvalue weighted by Crippen LogP contribution is -2.46. The van der Waals surface area contributed by atoms with Gasteiger partial charge in [-0.25, -0.2) is 0 Å². The van der Waals surface area contributed by atoms with E-state index in [9.17, 15) is 9.59 Å². The van der Waals surface area contributed by atoms with Crippen LogP contribution < -0.4 is 5.32 Å². The molecule has 5 heteroatoms. The first-order chi connectivity index (χ1) is 11.5. The molecule has 1 amide bonds. The van der Waals surface area contributed by atoms with Crippen LogP contribution in [-0.2, 0) is 9.59 Å². The molecule has 1 unspecified atom stereocenters. The van der Waals surface area contributed by atoms with Gasteiger partial charge in [-0.2, -0.15) is 0 Å². The lowest BCUT2D eigenvalue weighted by molar-refractivity contribution is -0.139. The van der Waals surface area contributed by atoms with Crippen LogP contribution in [-0.4, -0.2) is 41.5 Å². The van der Waals surface area contributed by atoms with Crippen molar-refractivity contribution in [2.45, 2.75) is 19.0 Å². The minimum atomic E-state index is -0.959. The average Bonchev–Trinajstić information content (AvgIpc) is 2.59. The molecule has 1 atom stereocenters. The fraction of sp³-hybridized carbons (Fsp3) is 0.263. The van der Waals surface area contributed by atoms with E-state index in [-0.39, 0.29) is 18.5 Å². The van der Waals surface area contributed by atoms with Crippen molar-refractivity contribution in [3.63, 3.8) is 0 Å². The summed E-state index contributed by atoms with van der Waals surface area (Å²) < 4.78 is 0. The van der Waals surface area contributed by atoms with Crippen molar-refractivity contribution in [1.82, 2.24) is 10.2 Å². The summed E-state index contributed by atoms with van der Waals surface area (Å²) in [6, 6.07) is 18.6. The van der Waals surface area contributed by atoms with Crippen molar-refractivity contribution >= 4 is 11.9 Å². The molecule has 0 fully saturated rings. The fourth-order valence-corrected chi connectivity index (χ4v) is 2.46. The van der Waals surface area contributed by atoms with Gasteiger partial charge in [0.05, 0.1) is 18.6 Å². The molecular formula is C19H22N2O3. The number of benzene rings is 2. The molecule has 0 aliphatic rings. The molecule has 24 heavy (non-hydrogen) atoms. The van der Waals surface area contributed by atoms with Crippen molar-refractivity contribution in [3.8, 4) is 0 Å². The normalized spacial score (nSPS) is 12.2. The summed E-state index contributed by atoms with van der Waals surface area (Å²) in [6.07, 6.45) is 0. The highest BCUT2D eigenvalue weighted by molar-refractivity contribution is 5.83. The molecule has 0 radical (unpaired) electrons. The fourth-order valence-electron chi connectivity index (χ4n) is 2.46. The quantitative estimate of drug-likeness (QED) is 0.819. The van der Waals surface area contributed by atoms with Crippen molar-refractivity contribution in [2.24, 2.45) is 0 Å². The Labute approximate surface area is 141 Å². The number of rotatable bonds is 7. The SMILES string of the molecule is CC(C(=O)NC(c1ccccc1)c1ccccc1)N(C)CC(=O)O. The lowest BCUT2D eigenvalue weighted by Gasteiger charge is -2.26. The standard InChI is InChI=1S/C19H22N2O3/c1-14(21(2)13-17(22)23)19(24)20-18(15-9-5-3-6-10-15)16-11-7-4-8-12-16/h3-12,14,18H,13H2,1-2H3,(H,20,24)(H,22,23). The Morgan fingerprint density at radius 3 is 1.88 bits per heavy atom. The molecule has 0 spiro atoms. The van der Waals surface area contributed by atoms with Crippen molar-refractivity contribution in [2.75, 3.05) is 13.6 Å². The Morgan fingerprint density at radius 1 is 1.00 bits per heavy atom. The van der Waals surface area contributed by atoms with E-state index < -0.39 is 12.0 Å². The molecule has 2 rings (SSSR count). The minimum absolute atomic E-state index is 0.185. The van der Waals surface area contributed by atoms with Crippen LogP contribution >= 0.6 is 0 Å². The van der Waals surface area contributed by atoms with Gasteiger partial charge in [-0.1, -0.05) is 60.7 Å². The topological polar surface area (TPSA) is 69.6 Å². The first-order valence-electron chi connectivity index (χ1n) is 7.81. The summed E-state index contributed by atoms with van der Waals surface area (Å²) in [4.78, 5) is 24.9. The lowest BCUT2D eigenvalue weighted by atomic mass is 9.98. The van der Waals surface area contributed by atoms with Gasteiger partial charge in [0.15, 0.2) is 0 Å². The van der Waals surface area contributed by atoms with Crippen molar-refractivity contribution in [3.05, 3.63) is 71.8 Å². The number of hydrogen-bond acceptors (Lipinski definition) is 3. The van der Waals surface area contributed by atoms with E-state index in [0.29, 0.717) is 0 Å². The molecule has 0 heterocycles. The number of carboxylic acids is 1. The van der Waals surface area contributed by atoms with E-state index in [1.54, 1.807) is 14.0 Å². The smallest absolute Gasteiger partial charge is 0.317 e. The van der Waals surface area contributed by atoms with Crippen LogP contribution in [0.5, 0.6) is 0 Å². The average molecular weight is 326 g/mol. The number of amides is 1. The Bertz CT molecular complexity index is 634. The maximum atomic E-state index is 12.6. The van der Waals surface area contributed by atoms with Crippen LogP contribution in [0.4, 0.5) is 0 Å². The van der Waals surface area contributed by atoms with Crippen LogP contribution in [0.1, 0.15) is 24.1 Å². The predicted octanol–water partition coefficient (Wildman–Crippen LogP) is 2.30. The molecule has 0 saturated heterocycles. The van der Waals surface area contributed by atoms with Crippen LogP contribution in [0, 0.1) is 0 Å². The third-order valence-electron chi connectivity index (χ3n) is 3.98. The number of carbonyl (C=O) groups is 2. The second-order valence-corrected chi connectivity index (χ2v) is 5.75. The van der Waals surface area contributed by atoms with E-state index in [1.807, 2.05) is 60.7 Å². The van der Waals surface area contributed by atoms with E-state index in [4.69, 9.17) is 5.11 Å². The molecule has 0 saturated carbocycles. The van der Waals surface area contributed by atoms with Gasteiger partial charge in [0.2, 0.25) is 5.91 Å². The molecule has 2 aromatic rings. The number of carbonyl (C=O) groups excluding carboxylic acids is 1. The van der Waals surface area contributed by atoms with Gasteiger partial charge in [0.25, 0.3) is 0 Å². The van der Waals surface area contributed by atoms with Gasteiger partial charge in [0.1, 0.15) is 0 Å². The van der Waals surface area contributed by atoms with Crippen molar-refractivity contribution in [1.29, 1.82) is 0 Å². The predicted molar refractivity (Wildman–Crippen MR) is 92.6 cm³/mol. The van der Waals surface area contributed by atoms with Crippen LogP contribution in [0.25, 0.3) is 0 Å². The van der Waals surface area contributed by atoms with E-state index in [0.717, 1.165) is 11.1 Å². The van der Waals surface area contributed by atoms with Crippen molar-refractivity contribution < 1.29 is 14.7 Å². The number of likely N-dealkylation sites (N-methyl/N-ethyl adjacent to an activating group) is 1. The van der Waals surface area contributed by atoms with Crippen LogP contribution in [0.15, 0.2) is 60.7 Å². The number of carboxylic acid groups (broad SMARTS) is 1. The van der Waals surface area contributed by atoms with Crippen LogP contribution in [0.2, 0.25) is 0 Å². The van der Waals surface area contributed by atoms with Gasteiger partial charge >= 0.3 is 5.97 Å². The van der Waals surface area contributed by atoms with E-state index in [1.165, 1.54) is 4.90 Å². The number of hydrogen-bond donors (Lipinski definition) is 2. The summed E-state index contributed by atoms with van der Waals surface area (Å²) in [6.45, 7) is 1.52. The highest BCUT2D eigenvalue weighted by Crippen LogP contribution is 2.22. The summed E-state index contributed by atoms with van der Waals surface area (Å²) in [5.41, 5.74) is 1.95. The Morgan fingerprint density at radius 2 is 1.46 bits per heavy atom. The van der Waals surface area contributed by atoms with Gasteiger partial charge < -0.3 is 10.4 Å². The zero-order chi connectivity index (χ0) is 17.5. The first-order valence-corrected chi connectivity index (χ1v) is 7.81. The van der Waals surface area contributed by atoms with Crippen LogP contribution in [0.3, 0.4) is 0 Å². The summed E-state index contributed by atoms with van der Waals surface area (Å²) >= 11 is 0. The van der Waals surface area contributed by atoms with Gasteiger partial charge in [-0.15, -0.1) is 0 Å². The monoisotopic (exact) mass is 326 g/mol. The maximum Gasteiger partial charge on any atom is 0.317 e. The summed E-state index contributed by atoms with van der Waals surface area (Å²) in [7, 11) is 1.62. The largest absolute Gasteiger partial charge is 0.480 e. The summed E-state index contributed by atoms with van der Waals surface area (Å²) in [5, 5.41) is 11.9. The van der Waals surface area contributed by atoms with E-state index >= 15 is 0 Å². The Balaban J connectivity index is 2.20. The summed E-state index contributed by atoms with van der Waals surface area (Å²) in [5.74, 6) is -1.17. The molecule has 126 valence electrons. The molecular weight excluding hydrogens is 304 g/mol. The first kappa shape index (κ1) is 17.7. The molecule has 0 bridgehead atoms. The number of aliphatic carboxylic acids is 1. The van der Waals surface area contributed by atoms with Gasteiger partial charge in [-0.05, 0) is 25.1 Å². The molecule has 2 N–H and O–H groups in total. The highest BCUT2D eigenvalue weighted by Gasteiger charge is 2.23. The molecule has 0 aromatic heterocycles. The minimum Gasteiger partial charge on any atom is -0.480 e. The van der Waals surface area contributed by atoms with Gasteiger partial charge in [-0.3, -0.25) is 14.5 Å². The molecule has 2 aromatic carbocycles. The number of nitrogens with zero attached hydrogens (tertiary/aromatic N) is 1.